The van der Waals surface area contributed by atoms with Crippen molar-refractivity contribution in [1.82, 2.24) is 5.32 Å². The van der Waals surface area contributed by atoms with E-state index in [0.717, 1.165) is 5.56 Å². The van der Waals surface area contributed by atoms with E-state index in [0.29, 0.717) is 17.9 Å². The third-order valence-corrected chi connectivity index (χ3v) is 3.62. The van der Waals surface area contributed by atoms with Crippen molar-refractivity contribution in [3.05, 3.63) is 35.1 Å². The predicted octanol–water partition coefficient (Wildman–Crippen LogP) is 1.86. The highest BCUT2D eigenvalue weighted by Gasteiger charge is 2.06. The molecule has 0 saturated heterocycles. The first-order valence-corrected chi connectivity index (χ1v) is 6.82. The van der Waals surface area contributed by atoms with Crippen LogP contribution in [-0.4, -0.2) is 28.6 Å². The monoisotopic (exact) mass is 271 g/mol. The van der Waals surface area contributed by atoms with Crippen LogP contribution >= 0.6 is 11.8 Å². The minimum Gasteiger partial charge on any atom is -0.395 e. The number of aliphatic hydroxyl groups is 1. The van der Waals surface area contributed by atoms with Gasteiger partial charge in [-0.15, -0.1) is 11.8 Å². The molecule has 0 aromatic heterocycles. The lowest BCUT2D eigenvalue weighted by Crippen LogP contribution is -2.25. The van der Waals surface area contributed by atoms with Crippen molar-refractivity contribution >= 4 is 17.7 Å². The second kappa shape index (κ2) is 7.38. The Morgan fingerprint density at radius 3 is 2.89 bits per heavy atom. The number of carbonyl (C=O) groups is 1. The molecule has 1 atom stereocenters. The summed E-state index contributed by atoms with van der Waals surface area (Å²) in [5, 5.41) is 11.6. The molecular weight excluding hydrogens is 253 g/mol. The molecule has 0 fully saturated rings. The minimum atomic E-state index is -0.239. The van der Waals surface area contributed by atoms with Gasteiger partial charge in [-0.2, -0.15) is 0 Å². The summed E-state index contributed by atoms with van der Waals surface area (Å²) in [6, 6.07) is 4.78. The SMILES string of the molecule is Cc1cc(CNC(=O)CSC(C)CO)ccc1F. The molecule has 0 aliphatic heterocycles. The zero-order valence-corrected chi connectivity index (χ0v) is 11.4. The number of hydrogen-bond acceptors (Lipinski definition) is 3. The molecule has 1 amide bonds. The van der Waals surface area contributed by atoms with E-state index in [1.54, 1.807) is 19.1 Å². The molecule has 1 aromatic rings. The molecule has 18 heavy (non-hydrogen) atoms. The molecule has 0 aliphatic rings. The van der Waals surface area contributed by atoms with Crippen LogP contribution in [-0.2, 0) is 11.3 Å². The summed E-state index contributed by atoms with van der Waals surface area (Å²) in [6.45, 7) is 4.02. The van der Waals surface area contributed by atoms with Crippen molar-refractivity contribution in [3.63, 3.8) is 0 Å². The maximum absolute atomic E-state index is 13.0. The van der Waals surface area contributed by atoms with Gasteiger partial charge in [0.05, 0.1) is 12.4 Å². The smallest absolute Gasteiger partial charge is 0.230 e. The Balaban J connectivity index is 2.36. The highest BCUT2D eigenvalue weighted by Crippen LogP contribution is 2.10. The van der Waals surface area contributed by atoms with Crippen molar-refractivity contribution < 1.29 is 14.3 Å². The lowest BCUT2D eigenvalue weighted by atomic mass is 10.1. The Kier molecular flexibility index (Phi) is 6.15. The third kappa shape index (κ3) is 5.06. The number of nitrogens with one attached hydrogen (secondary N) is 1. The average Bonchev–Trinajstić information content (AvgIpc) is 2.37. The molecule has 5 heteroatoms. The molecule has 0 aliphatic carbocycles. The number of halogens is 1. The fourth-order valence-electron chi connectivity index (χ4n) is 1.34. The topological polar surface area (TPSA) is 49.3 Å². The van der Waals surface area contributed by atoms with Gasteiger partial charge in [-0.05, 0) is 24.1 Å². The average molecular weight is 271 g/mol. The molecule has 0 heterocycles. The summed E-state index contributed by atoms with van der Waals surface area (Å²) in [5.41, 5.74) is 1.45. The van der Waals surface area contributed by atoms with E-state index in [-0.39, 0.29) is 23.6 Å². The van der Waals surface area contributed by atoms with Gasteiger partial charge in [0.15, 0.2) is 0 Å². The van der Waals surface area contributed by atoms with Crippen molar-refractivity contribution in [2.24, 2.45) is 0 Å². The number of amides is 1. The van der Waals surface area contributed by atoms with E-state index >= 15 is 0 Å². The van der Waals surface area contributed by atoms with E-state index < -0.39 is 0 Å². The van der Waals surface area contributed by atoms with Crippen LogP contribution in [0.15, 0.2) is 18.2 Å². The molecule has 100 valence electrons. The normalized spacial score (nSPS) is 12.2. The molecule has 0 spiro atoms. The summed E-state index contributed by atoms with van der Waals surface area (Å²) in [4.78, 5) is 11.5. The first kappa shape index (κ1) is 15.0. The second-order valence-electron chi connectivity index (χ2n) is 4.16. The molecule has 1 rings (SSSR count). The lowest BCUT2D eigenvalue weighted by Gasteiger charge is -2.09. The molecule has 1 aromatic carbocycles. The summed E-state index contributed by atoms with van der Waals surface area (Å²) in [7, 11) is 0. The van der Waals surface area contributed by atoms with Gasteiger partial charge in [-0.3, -0.25) is 4.79 Å². The van der Waals surface area contributed by atoms with Gasteiger partial charge in [-0.1, -0.05) is 19.1 Å². The Morgan fingerprint density at radius 2 is 2.28 bits per heavy atom. The predicted molar refractivity (Wildman–Crippen MR) is 72.0 cm³/mol. The first-order chi connectivity index (χ1) is 8.52. The van der Waals surface area contributed by atoms with Gasteiger partial charge < -0.3 is 10.4 Å². The highest BCUT2D eigenvalue weighted by molar-refractivity contribution is 8.00. The van der Waals surface area contributed by atoms with Gasteiger partial charge in [0.1, 0.15) is 5.82 Å². The van der Waals surface area contributed by atoms with Crippen LogP contribution in [0.25, 0.3) is 0 Å². The number of carbonyl (C=O) groups excluding carboxylic acids is 1. The number of rotatable bonds is 6. The van der Waals surface area contributed by atoms with Crippen LogP contribution < -0.4 is 5.32 Å². The maximum atomic E-state index is 13.0. The molecule has 0 saturated carbocycles. The standard InChI is InChI=1S/C13H18FNO2S/c1-9-5-11(3-4-12(9)14)6-15-13(17)8-18-10(2)7-16/h3-5,10,16H,6-8H2,1-2H3,(H,15,17). The van der Waals surface area contributed by atoms with E-state index in [2.05, 4.69) is 5.32 Å². The zero-order valence-electron chi connectivity index (χ0n) is 10.6. The lowest BCUT2D eigenvalue weighted by molar-refractivity contribution is -0.118. The van der Waals surface area contributed by atoms with Crippen molar-refractivity contribution in [3.8, 4) is 0 Å². The summed E-state index contributed by atoms with van der Waals surface area (Å²) < 4.78 is 13.0. The fourth-order valence-corrected chi connectivity index (χ4v) is 1.98. The zero-order chi connectivity index (χ0) is 13.5. The van der Waals surface area contributed by atoms with Gasteiger partial charge in [0.25, 0.3) is 0 Å². The molecule has 1 unspecified atom stereocenters. The first-order valence-electron chi connectivity index (χ1n) is 5.77. The number of aryl methyl sites for hydroxylation is 1. The van der Waals surface area contributed by atoms with E-state index in [4.69, 9.17) is 5.11 Å². The highest BCUT2D eigenvalue weighted by atomic mass is 32.2. The van der Waals surface area contributed by atoms with Crippen LogP contribution in [0.4, 0.5) is 4.39 Å². The van der Waals surface area contributed by atoms with Crippen molar-refractivity contribution in [2.75, 3.05) is 12.4 Å². The Bertz CT molecular complexity index is 412. The summed E-state index contributed by atoms with van der Waals surface area (Å²) in [6.07, 6.45) is 0. The largest absolute Gasteiger partial charge is 0.395 e. The second-order valence-corrected chi connectivity index (χ2v) is 5.59. The molecule has 2 N–H and O–H groups in total. The van der Waals surface area contributed by atoms with Crippen LogP contribution in [0, 0.1) is 12.7 Å². The van der Waals surface area contributed by atoms with Crippen LogP contribution in [0.2, 0.25) is 0 Å². The Labute approximate surface area is 111 Å². The Hall–Kier alpha value is -1.07. The van der Waals surface area contributed by atoms with Crippen molar-refractivity contribution in [2.45, 2.75) is 25.6 Å². The van der Waals surface area contributed by atoms with Gasteiger partial charge in [0, 0.05) is 11.8 Å². The number of aliphatic hydroxyl groups excluding tert-OH is 1. The number of hydrogen-bond donors (Lipinski definition) is 2. The summed E-state index contributed by atoms with van der Waals surface area (Å²) in [5.74, 6) is 0.00159. The van der Waals surface area contributed by atoms with Gasteiger partial charge in [0.2, 0.25) is 5.91 Å². The van der Waals surface area contributed by atoms with Gasteiger partial charge in [-0.25, -0.2) is 4.39 Å². The van der Waals surface area contributed by atoms with Crippen LogP contribution in [0.5, 0.6) is 0 Å². The fraction of sp³-hybridized carbons (Fsp3) is 0.462. The van der Waals surface area contributed by atoms with Crippen LogP contribution in [0.3, 0.4) is 0 Å². The Morgan fingerprint density at radius 1 is 1.56 bits per heavy atom. The van der Waals surface area contributed by atoms with E-state index in [1.165, 1.54) is 17.8 Å². The van der Waals surface area contributed by atoms with Crippen LogP contribution in [0.1, 0.15) is 18.1 Å². The number of benzene rings is 1. The van der Waals surface area contributed by atoms with E-state index in [1.807, 2.05) is 6.92 Å². The molecular formula is C13H18FNO2S. The molecule has 3 nitrogen and oxygen atoms in total. The summed E-state index contributed by atoms with van der Waals surface area (Å²) >= 11 is 1.40. The quantitative estimate of drug-likeness (QED) is 0.830. The molecule has 0 radical (unpaired) electrons. The van der Waals surface area contributed by atoms with E-state index in [9.17, 15) is 9.18 Å². The molecule has 0 bridgehead atoms. The minimum absolute atomic E-state index is 0.0591. The van der Waals surface area contributed by atoms with Crippen molar-refractivity contribution in [1.29, 1.82) is 0 Å². The number of thioether (sulfide) groups is 1. The maximum Gasteiger partial charge on any atom is 0.230 e. The van der Waals surface area contributed by atoms with Gasteiger partial charge >= 0.3 is 0 Å². The third-order valence-electron chi connectivity index (χ3n) is 2.47.